The molecule has 0 atom stereocenters. The van der Waals surface area contributed by atoms with Crippen molar-refractivity contribution in [1.29, 1.82) is 0 Å². The molecule has 0 amide bonds. The lowest BCUT2D eigenvalue weighted by Crippen LogP contribution is -2.40. The van der Waals surface area contributed by atoms with Crippen LogP contribution >= 0.6 is 0 Å². The van der Waals surface area contributed by atoms with Gasteiger partial charge in [0.15, 0.2) is 9.84 Å². The molecule has 1 rings (SSSR count). The number of aromatic nitrogens is 3. The first kappa shape index (κ1) is 12.1. The third-order valence-corrected chi connectivity index (χ3v) is 3.53. The second-order valence-corrected chi connectivity index (χ2v) is 6.47. The minimum atomic E-state index is -3.22. The molecular weight excluding hydrogens is 216 g/mol. The summed E-state index contributed by atoms with van der Waals surface area (Å²) in [6.07, 6.45) is 1.58. The number of aryl methyl sites for hydroxylation is 1. The van der Waals surface area contributed by atoms with Crippen molar-refractivity contribution >= 4 is 9.84 Å². The fourth-order valence-corrected chi connectivity index (χ4v) is 3.12. The highest BCUT2D eigenvalue weighted by molar-refractivity contribution is 7.90. The molecule has 0 saturated heterocycles. The molecule has 0 aliphatic rings. The van der Waals surface area contributed by atoms with Gasteiger partial charge in [-0.05, 0) is 13.8 Å². The van der Waals surface area contributed by atoms with E-state index in [-0.39, 0.29) is 11.5 Å². The second-order valence-electron chi connectivity index (χ2n) is 4.40. The highest BCUT2D eigenvalue weighted by atomic mass is 32.2. The van der Waals surface area contributed by atoms with E-state index in [1.165, 1.54) is 4.68 Å². The van der Waals surface area contributed by atoms with Gasteiger partial charge in [0.2, 0.25) is 0 Å². The highest BCUT2D eigenvalue weighted by Crippen LogP contribution is 2.08. The van der Waals surface area contributed by atoms with Gasteiger partial charge in [0.25, 0.3) is 0 Å². The Bertz CT molecular complexity index is 430. The number of hydrogen-bond acceptors (Lipinski definition) is 5. The van der Waals surface area contributed by atoms with E-state index in [9.17, 15) is 8.42 Å². The van der Waals surface area contributed by atoms with Crippen molar-refractivity contribution in [3.8, 4) is 0 Å². The van der Waals surface area contributed by atoms with Crippen molar-refractivity contribution in [2.24, 2.45) is 12.8 Å². The molecule has 86 valence electrons. The molecule has 0 aliphatic carbocycles. The van der Waals surface area contributed by atoms with Crippen molar-refractivity contribution < 1.29 is 8.42 Å². The lowest BCUT2D eigenvalue weighted by molar-refractivity contribution is 0.543. The molecule has 0 aliphatic heterocycles. The Hall–Kier alpha value is -0.950. The molecular formula is C8H16N4O2S. The van der Waals surface area contributed by atoms with Crippen LogP contribution in [0, 0.1) is 0 Å². The van der Waals surface area contributed by atoms with Gasteiger partial charge in [0.1, 0.15) is 0 Å². The maximum absolute atomic E-state index is 11.7. The summed E-state index contributed by atoms with van der Waals surface area (Å²) in [7, 11) is -1.53. The molecule has 15 heavy (non-hydrogen) atoms. The van der Waals surface area contributed by atoms with Gasteiger partial charge in [-0.15, -0.1) is 5.10 Å². The Morgan fingerprint density at radius 2 is 2.13 bits per heavy atom. The Morgan fingerprint density at radius 1 is 1.53 bits per heavy atom. The van der Waals surface area contributed by atoms with E-state index in [1.807, 2.05) is 0 Å². The van der Waals surface area contributed by atoms with Crippen LogP contribution in [0.5, 0.6) is 0 Å². The zero-order valence-corrected chi connectivity index (χ0v) is 9.95. The first-order chi connectivity index (χ1) is 6.68. The normalized spacial score (nSPS) is 13.1. The summed E-state index contributed by atoms with van der Waals surface area (Å²) in [5, 5.41) is 7.39. The number of nitrogens with zero attached hydrogens (tertiary/aromatic N) is 3. The molecule has 0 spiro atoms. The lowest BCUT2D eigenvalue weighted by Gasteiger charge is -2.17. The topological polar surface area (TPSA) is 90.9 Å². The minimum absolute atomic E-state index is 0.0590. The first-order valence-corrected chi connectivity index (χ1v) is 6.35. The summed E-state index contributed by atoms with van der Waals surface area (Å²) in [5.74, 6) is -0.169. The maximum atomic E-state index is 11.7. The van der Waals surface area contributed by atoms with Crippen molar-refractivity contribution in [3.63, 3.8) is 0 Å². The SMILES string of the molecule is Cn1cc(CS(=O)(=O)CC(C)(C)N)nn1. The molecule has 7 heteroatoms. The van der Waals surface area contributed by atoms with Crippen LogP contribution in [0.15, 0.2) is 6.20 Å². The lowest BCUT2D eigenvalue weighted by atomic mass is 10.1. The van der Waals surface area contributed by atoms with Gasteiger partial charge < -0.3 is 5.73 Å². The zero-order valence-electron chi connectivity index (χ0n) is 9.14. The molecule has 0 fully saturated rings. The zero-order chi connectivity index (χ0) is 11.7. The predicted molar refractivity (Wildman–Crippen MR) is 56.8 cm³/mol. The monoisotopic (exact) mass is 232 g/mol. The molecule has 6 nitrogen and oxygen atoms in total. The van der Waals surface area contributed by atoms with Crippen LogP contribution < -0.4 is 5.73 Å². The van der Waals surface area contributed by atoms with Crippen LogP contribution in [-0.2, 0) is 22.6 Å². The summed E-state index contributed by atoms with van der Waals surface area (Å²) in [5.41, 5.74) is 5.38. The van der Waals surface area contributed by atoms with Gasteiger partial charge in [-0.1, -0.05) is 5.21 Å². The van der Waals surface area contributed by atoms with Gasteiger partial charge in [-0.2, -0.15) is 0 Å². The van der Waals surface area contributed by atoms with Crippen LogP contribution in [0.25, 0.3) is 0 Å². The molecule has 0 radical (unpaired) electrons. The molecule has 0 saturated carbocycles. The van der Waals surface area contributed by atoms with E-state index in [0.29, 0.717) is 5.69 Å². The van der Waals surface area contributed by atoms with E-state index >= 15 is 0 Å². The van der Waals surface area contributed by atoms with Gasteiger partial charge >= 0.3 is 0 Å². The Morgan fingerprint density at radius 3 is 2.53 bits per heavy atom. The number of rotatable bonds is 4. The number of hydrogen-bond donors (Lipinski definition) is 1. The van der Waals surface area contributed by atoms with E-state index < -0.39 is 15.4 Å². The second kappa shape index (κ2) is 3.90. The van der Waals surface area contributed by atoms with Gasteiger partial charge in [-0.3, -0.25) is 4.68 Å². The maximum Gasteiger partial charge on any atom is 0.157 e. The smallest absolute Gasteiger partial charge is 0.157 e. The summed E-state index contributed by atoms with van der Waals surface area (Å²) >= 11 is 0. The van der Waals surface area contributed by atoms with Gasteiger partial charge in [0, 0.05) is 18.8 Å². The van der Waals surface area contributed by atoms with E-state index in [0.717, 1.165) is 0 Å². The van der Waals surface area contributed by atoms with E-state index in [4.69, 9.17) is 5.73 Å². The predicted octanol–water partition coefficient (Wildman–Crippen LogP) is -0.533. The number of sulfone groups is 1. The summed E-state index contributed by atoms with van der Waals surface area (Å²) in [6.45, 7) is 3.36. The first-order valence-electron chi connectivity index (χ1n) is 4.52. The van der Waals surface area contributed by atoms with E-state index in [1.54, 1.807) is 27.1 Å². The molecule has 1 aromatic rings. The van der Waals surface area contributed by atoms with Gasteiger partial charge in [0.05, 0.1) is 17.2 Å². The fraction of sp³-hybridized carbons (Fsp3) is 0.750. The largest absolute Gasteiger partial charge is 0.325 e. The molecule has 2 N–H and O–H groups in total. The number of nitrogens with two attached hydrogens (primary N) is 1. The van der Waals surface area contributed by atoms with Crippen LogP contribution in [0.1, 0.15) is 19.5 Å². The fourth-order valence-electron chi connectivity index (χ4n) is 1.30. The van der Waals surface area contributed by atoms with Crippen LogP contribution in [0.3, 0.4) is 0 Å². The summed E-state index contributed by atoms with van der Waals surface area (Å²) < 4.78 is 24.8. The summed E-state index contributed by atoms with van der Waals surface area (Å²) in [4.78, 5) is 0. The molecule has 0 unspecified atom stereocenters. The van der Waals surface area contributed by atoms with Crippen LogP contribution in [0.4, 0.5) is 0 Å². The van der Waals surface area contributed by atoms with Crippen molar-refractivity contribution in [2.45, 2.75) is 25.1 Å². The average Bonchev–Trinajstić information content (AvgIpc) is 2.27. The summed E-state index contributed by atoms with van der Waals surface area (Å²) in [6, 6.07) is 0. The molecule has 1 heterocycles. The third-order valence-electron chi connectivity index (χ3n) is 1.61. The minimum Gasteiger partial charge on any atom is -0.325 e. The quantitative estimate of drug-likeness (QED) is 0.753. The molecule has 0 aromatic carbocycles. The van der Waals surface area contributed by atoms with Crippen LogP contribution in [0.2, 0.25) is 0 Å². The molecule has 0 bridgehead atoms. The van der Waals surface area contributed by atoms with E-state index in [2.05, 4.69) is 10.3 Å². The van der Waals surface area contributed by atoms with Crippen molar-refractivity contribution in [3.05, 3.63) is 11.9 Å². The van der Waals surface area contributed by atoms with Crippen molar-refractivity contribution in [2.75, 3.05) is 5.75 Å². The Kier molecular flexibility index (Phi) is 3.15. The average molecular weight is 232 g/mol. The Balaban J connectivity index is 2.73. The standard InChI is InChI=1S/C8H16N4O2S/c1-8(2,9)6-15(13,14)5-7-4-12(3)11-10-7/h4H,5-6,9H2,1-3H3. The highest BCUT2D eigenvalue weighted by Gasteiger charge is 2.23. The third kappa shape index (κ3) is 4.39. The molecule has 1 aromatic heterocycles. The van der Waals surface area contributed by atoms with Crippen molar-refractivity contribution in [1.82, 2.24) is 15.0 Å². The van der Waals surface area contributed by atoms with Crippen LogP contribution in [-0.4, -0.2) is 34.7 Å². The van der Waals surface area contributed by atoms with Gasteiger partial charge in [-0.25, -0.2) is 8.42 Å². The Labute approximate surface area is 89.4 Å².